The number of halogens is 3. The monoisotopic (exact) mass is 374 g/mol. The van der Waals surface area contributed by atoms with Crippen molar-refractivity contribution >= 4 is 23.4 Å². The summed E-state index contributed by atoms with van der Waals surface area (Å²) in [6, 6.07) is 2.31. The minimum absolute atomic E-state index is 0.0359. The summed E-state index contributed by atoms with van der Waals surface area (Å²) >= 11 is 0.854. The largest absolute Gasteiger partial charge is 0.416 e. The maximum absolute atomic E-state index is 12.7. The minimum Gasteiger partial charge on any atom is -0.355 e. The lowest BCUT2D eigenvalue weighted by Crippen LogP contribution is -2.30. The van der Waals surface area contributed by atoms with Crippen LogP contribution in [0.4, 0.5) is 18.9 Å². The zero-order valence-electron chi connectivity index (χ0n) is 13.2. The Labute approximate surface area is 146 Å². The van der Waals surface area contributed by atoms with E-state index in [-0.39, 0.29) is 16.6 Å². The van der Waals surface area contributed by atoms with Gasteiger partial charge in [0.25, 0.3) is 5.69 Å². The summed E-state index contributed by atoms with van der Waals surface area (Å²) in [6.07, 6.45) is 2.39. The number of hydrogen-bond donors (Lipinski definition) is 1. The van der Waals surface area contributed by atoms with Crippen LogP contribution in [-0.4, -0.2) is 23.1 Å². The zero-order chi connectivity index (χ0) is 18.4. The Hall–Kier alpha value is -2.03. The molecule has 5 nitrogen and oxygen atoms in total. The molecule has 9 heteroatoms. The number of carbonyl (C=O) groups is 1. The van der Waals surface area contributed by atoms with E-state index in [0.717, 1.165) is 43.2 Å². The fourth-order valence-corrected chi connectivity index (χ4v) is 3.29. The number of alkyl halides is 3. The van der Waals surface area contributed by atoms with Crippen LogP contribution in [0.2, 0.25) is 0 Å². The highest BCUT2D eigenvalue weighted by Gasteiger charge is 2.33. The molecule has 1 aromatic carbocycles. The molecule has 0 bridgehead atoms. The van der Waals surface area contributed by atoms with Gasteiger partial charge in [-0.25, -0.2) is 0 Å². The molecule has 1 aliphatic rings. The van der Waals surface area contributed by atoms with Crippen molar-refractivity contribution in [2.45, 2.75) is 30.3 Å². The van der Waals surface area contributed by atoms with E-state index in [1.807, 2.05) is 0 Å². The van der Waals surface area contributed by atoms with Crippen molar-refractivity contribution in [1.29, 1.82) is 0 Å². The summed E-state index contributed by atoms with van der Waals surface area (Å²) in [6.45, 7) is 0.527. The van der Waals surface area contributed by atoms with Crippen LogP contribution in [0.5, 0.6) is 0 Å². The Kier molecular flexibility index (Phi) is 6.46. The summed E-state index contributed by atoms with van der Waals surface area (Å²) in [4.78, 5) is 22.0. The Bertz CT molecular complexity index is 677. The Morgan fingerprint density at radius 2 is 2.12 bits per heavy atom. The minimum atomic E-state index is -4.65. The Balaban J connectivity index is 1.94. The maximum Gasteiger partial charge on any atom is 0.416 e. The fourth-order valence-electron chi connectivity index (χ4n) is 2.45. The molecule has 0 aliphatic heterocycles. The summed E-state index contributed by atoms with van der Waals surface area (Å²) < 4.78 is 38.0. The van der Waals surface area contributed by atoms with Crippen LogP contribution in [0, 0.1) is 16.0 Å². The van der Waals surface area contributed by atoms with Gasteiger partial charge in [-0.1, -0.05) is 12.2 Å². The third-order valence-corrected chi connectivity index (χ3v) is 4.87. The van der Waals surface area contributed by atoms with Crippen molar-refractivity contribution in [3.05, 3.63) is 46.0 Å². The van der Waals surface area contributed by atoms with Gasteiger partial charge in [-0.15, -0.1) is 11.8 Å². The second kappa shape index (κ2) is 8.37. The fraction of sp³-hybridized carbons (Fsp3) is 0.438. The van der Waals surface area contributed by atoms with Gasteiger partial charge < -0.3 is 5.32 Å². The topological polar surface area (TPSA) is 72.2 Å². The first kappa shape index (κ1) is 19.3. The first-order valence-corrected chi connectivity index (χ1v) is 8.66. The first-order chi connectivity index (χ1) is 11.8. The van der Waals surface area contributed by atoms with Gasteiger partial charge in [0, 0.05) is 12.6 Å². The highest BCUT2D eigenvalue weighted by atomic mass is 32.2. The van der Waals surface area contributed by atoms with E-state index in [9.17, 15) is 28.1 Å². The van der Waals surface area contributed by atoms with Gasteiger partial charge in [-0.05, 0) is 37.3 Å². The number of hydrogen-bond acceptors (Lipinski definition) is 4. The molecular formula is C16H17F3N2O3S. The second-order valence-corrected chi connectivity index (χ2v) is 6.70. The van der Waals surface area contributed by atoms with Gasteiger partial charge in [0.1, 0.15) is 0 Å². The molecule has 136 valence electrons. The lowest BCUT2D eigenvalue weighted by atomic mass is 9.94. The molecule has 0 spiro atoms. The third kappa shape index (κ3) is 5.77. The zero-order valence-corrected chi connectivity index (χ0v) is 14.0. The number of rotatable bonds is 6. The molecule has 1 aliphatic carbocycles. The SMILES string of the molecule is O=C(CSc1ccc(C(F)(F)F)cc1[N+](=O)[O-])NCC1CC=CCC1. The van der Waals surface area contributed by atoms with Crippen molar-refractivity contribution in [2.75, 3.05) is 12.3 Å². The van der Waals surface area contributed by atoms with E-state index in [2.05, 4.69) is 17.5 Å². The van der Waals surface area contributed by atoms with Crippen molar-refractivity contribution < 1.29 is 22.9 Å². The number of benzene rings is 1. The van der Waals surface area contributed by atoms with E-state index in [4.69, 9.17) is 0 Å². The number of amides is 1. The highest BCUT2D eigenvalue weighted by molar-refractivity contribution is 8.00. The molecule has 25 heavy (non-hydrogen) atoms. The lowest BCUT2D eigenvalue weighted by Gasteiger charge is -2.18. The molecule has 0 heterocycles. The predicted octanol–water partition coefficient (Wildman–Crippen LogP) is 4.18. The molecule has 1 aromatic rings. The van der Waals surface area contributed by atoms with Crippen molar-refractivity contribution in [1.82, 2.24) is 5.32 Å². The number of thioether (sulfide) groups is 1. The normalized spacial score (nSPS) is 17.3. The summed E-state index contributed by atoms with van der Waals surface area (Å²) in [5.74, 6) is -0.0116. The van der Waals surface area contributed by atoms with Crippen molar-refractivity contribution in [2.24, 2.45) is 5.92 Å². The molecule has 1 atom stereocenters. The van der Waals surface area contributed by atoms with Crippen molar-refractivity contribution in [3.63, 3.8) is 0 Å². The summed E-state index contributed by atoms with van der Waals surface area (Å²) in [5.41, 5.74) is -1.73. The first-order valence-electron chi connectivity index (χ1n) is 7.67. The average Bonchev–Trinajstić information content (AvgIpc) is 2.58. The molecule has 0 radical (unpaired) electrons. The second-order valence-electron chi connectivity index (χ2n) is 5.68. The van der Waals surface area contributed by atoms with Crippen LogP contribution in [0.1, 0.15) is 24.8 Å². The number of nitrogens with one attached hydrogen (secondary N) is 1. The summed E-state index contributed by atoms with van der Waals surface area (Å²) in [7, 11) is 0. The highest BCUT2D eigenvalue weighted by Crippen LogP contribution is 2.36. The Morgan fingerprint density at radius 3 is 2.72 bits per heavy atom. The average molecular weight is 374 g/mol. The van der Waals surface area contributed by atoms with Gasteiger partial charge >= 0.3 is 6.18 Å². The van der Waals surface area contributed by atoms with Gasteiger partial charge in [0.05, 0.1) is 21.1 Å². The number of nitro groups is 1. The molecule has 0 saturated heterocycles. The Morgan fingerprint density at radius 1 is 1.36 bits per heavy atom. The van der Waals surface area contributed by atoms with Crippen LogP contribution in [0.25, 0.3) is 0 Å². The van der Waals surface area contributed by atoms with Gasteiger partial charge in [0.2, 0.25) is 5.91 Å². The maximum atomic E-state index is 12.7. The number of carbonyl (C=O) groups excluding carboxylic acids is 1. The molecule has 2 rings (SSSR count). The van der Waals surface area contributed by atoms with E-state index < -0.39 is 22.4 Å². The number of nitrogens with zero attached hydrogens (tertiary/aromatic N) is 1. The molecule has 1 N–H and O–H groups in total. The van der Waals surface area contributed by atoms with Crippen LogP contribution in [0.15, 0.2) is 35.2 Å². The van der Waals surface area contributed by atoms with Crippen molar-refractivity contribution in [3.8, 4) is 0 Å². The molecule has 1 amide bonds. The van der Waals surface area contributed by atoms with Crippen LogP contribution >= 0.6 is 11.8 Å². The van der Waals surface area contributed by atoms with E-state index in [1.165, 1.54) is 0 Å². The van der Waals surface area contributed by atoms with Gasteiger partial charge in [-0.3, -0.25) is 14.9 Å². The van der Waals surface area contributed by atoms with E-state index in [1.54, 1.807) is 0 Å². The standard InChI is InChI=1S/C16H17F3N2O3S/c17-16(18,19)12-6-7-14(13(8-12)21(23)24)25-10-15(22)20-9-11-4-2-1-3-5-11/h1-2,6-8,11H,3-5,9-10H2,(H,20,22). The number of nitro benzene ring substituents is 1. The molecule has 0 fully saturated rings. The van der Waals surface area contributed by atoms with E-state index >= 15 is 0 Å². The quantitative estimate of drug-likeness (QED) is 0.351. The van der Waals surface area contributed by atoms with Crippen LogP contribution in [0.3, 0.4) is 0 Å². The summed E-state index contributed by atoms with van der Waals surface area (Å²) in [5, 5.41) is 13.8. The lowest BCUT2D eigenvalue weighted by molar-refractivity contribution is -0.388. The molecule has 0 saturated carbocycles. The number of allylic oxidation sites excluding steroid dienone is 2. The molecule has 0 aromatic heterocycles. The van der Waals surface area contributed by atoms with E-state index in [0.29, 0.717) is 18.5 Å². The predicted molar refractivity (Wildman–Crippen MR) is 88.3 cm³/mol. The smallest absolute Gasteiger partial charge is 0.355 e. The third-order valence-electron chi connectivity index (χ3n) is 3.81. The van der Waals surface area contributed by atoms with Crippen LogP contribution < -0.4 is 5.32 Å². The van der Waals surface area contributed by atoms with Gasteiger partial charge in [0.15, 0.2) is 0 Å². The van der Waals surface area contributed by atoms with Gasteiger partial charge in [-0.2, -0.15) is 13.2 Å². The molecular weight excluding hydrogens is 357 g/mol. The molecule has 1 unspecified atom stereocenters. The van der Waals surface area contributed by atoms with Crippen LogP contribution in [-0.2, 0) is 11.0 Å².